The highest BCUT2D eigenvalue weighted by Crippen LogP contribution is 2.09. The van der Waals surface area contributed by atoms with Gasteiger partial charge in [0.25, 0.3) is 5.82 Å². The minimum absolute atomic E-state index is 0.0631. The maximum absolute atomic E-state index is 11.2. The number of ether oxygens (including phenoxy) is 1. The van der Waals surface area contributed by atoms with Crippen molar-refractivity contribution in [3.63, 3.8) is 0 Å². The van der Waals surface area contributed by atoms with E-state index >= 15 is 0 Å². The Kier molecular flexibility index (Phi) is 3.40. The van der Waals surface area contributed by atoms with E-state index in [1.807, 2.05) is 4.57 Å². The van der Waals surface area contributed by atoms with Gasteiger partial charge in [0, 0.05) is 6.04 Å². The summed E-state index contributed by atoms with van der Waals surface area (Å²) in [5, 5.41) is 4.05. The number of hydrogen-bond donors (Lipinski definition) is 0. The van der Waals surface area contributed by atoms with E-state index in [0.717, 1.165) is 5.69 Å². The molecule has 0 aromatic carbocycles. The van der Waals surface area contributed by atoms with Crippen molar-refractivity contribution in [3.05, 3.63) is 30.4 Å². The number of esters is 1. The molecule has 96 valence electrons. The van der Waals surface area contributed by atoms with Crippen molar-refractivity contribution >= 4 is 5.97 Å². The summed E-state index contributed by atoms with van der Waals surface area (Å²) in [5.41, 5.74) is 1.01. The van der Waals surface area contributed by atoms with E-state index in [2.05, 4.69) is 33.7 Å². The summed E-state index contributed by atoms with van der Waals surface area (Å²) in [4.78, 5) is 19.2. The smallest absolute Gasteiger partial charge is 0.377 e. The lowest BCUT2D eigenvalue weighted by molar-refractivity contribution is 0.0586. The number of aromatic nitrogens is 5. The van der Waals surface area contributed by atoms with Crippen molar-refractivity contribution in [1.82, 2.24) is 24.3 Å². The van der Waals surface area contributed by atoms with Crippen LogP contribution >= 0.6 is 0 Å². The molecule has 7 nitrogen and oxygen atoms in total. The predicted molar refractivity (Wildman–Crippen MR) is 63.1 cm³/mol. The second kappa shape index (κ2) is 4.99. The predicted octanol–water partition coefficient (Wildman–Crippen LogP) is 0.890. The van der Waals surface area contributed by atoms with E-state index < -0.39 is 5.97 Å². The summed E-state index contributed by atoms with van der Waals surface area (Å²) in [6.45, 7) is 4.67. The lowest BCUT2D eigenvalue weighted by Crippen LogP contribution is -2.10. The van der Waals surface area contributed by atoms with Gasteiger partial charge in [0.2, 0.25) is 0 Å². The fourth-order valence-electron chi connectivity index (χ4n) is 1.64. The topological polar surface area (TPSA) is 74.8 Å². The third-order valence-corrected chi connectivity index (χ3v) is 2.53. The molecule has 2 aromatic rings. The van der Waals surface area contributed by atoms with Crippen LogP contribution < -0.4 is 0 Å². The summed E-state index contributed by atoms with van der Waals surface area (Å²) in [7, 11) is 1.30. The van der Waals surface area contributed by atoms with E-state index in [1.54, 1.807) is 17.2 Å². The number of rotatable bonds is 4. The lowest BCUT2D eigenvalue weighted by atomic mass is 10.3. The zero-order valence-electron chi connectivity index (χ0n) is 10.6. The molecule has 0 aliphatic carbocycles. The molecular weight excluding hydrogens is 234 g/mol. The third kappa shape index (κ3) is 2.39. The minimum atomic E-state index is -0.536. The fourth-order valence-corrected chi connectivity index (χ4v) is 1.64. The molecular formula is C11H15N5O2. The van der Waals surface area contributed by atoms with Gasteiger partial charge in [0.1, 0.15) is 6.33 Å². The third-order valence-electron chi connectivity index (χ3n) is 2.53. The van der Waals surface area contributed by atoms with E-state index in [4.69, 9.17) is 0 Å². The molecule has 0 aliphatic rings. The number of hydrogen-bond acceptors (Lipinski definition) is 5. The molecule has 0 saturated heterocycles. The molecule has 0 atom stereocenters. The zero-order chi connectivity index (χ0) is 13.1. The van der Waals surface area contributed by atoms with E-state index in [9.17, 15) is 4.79 Å². The van der Waals surface area contributed by atoms with Crippen LogP contribution in [-0.4, -0.2) is 37.4 Å². The van der Waals surface area contributed by atoms with Crippen molar-refractivity contribution in [2.45, 2.75) is 26.4 Å². The van der Waals surface area contributed by atoms with Crippen LogP contribution in [0.5, 0.6) is 0 Å². The van der Waals surface area contributed by atoms with Crippen LogP contribution in [0.1, 0.15) is 36.2 Å². The molecule has 0 saturated carbocycles. The van der Waals surface area contributed by atoms with Gasteiger partial charge < -0.3 is 9.30 Å². The van der Waals surface area contributed by atoms with Crippen LogP contribution in [0.2, 0.25) is 0 Å². The highest BCUT2D eigenvalue weighted by Gasteiger charge is 2.12. The monoisotopic (exact) mass is 249 g/mol. The quantitative estimate of drug-likeness (QED) is 0.752. The van der Waals surface area contributed by atoms with Crippen molar-refractivity contribution < 1.29 is 9.53 Å². The van der Waals surface area contributed by atoms with Crippen LogP contribution in [0, 0.1) is 0 Å². The molecule has 0 amide bonds. The van der Waals surface area contributed by atoms with Gasteiger partial charge in [0.15, 0.2) is 0 Å². The Bertz CT molecular complexity index is 543. The van der Waals surface area contributed by atoms with E-state index in [0.29, 0.717) is 12.6 Å². The second-order valence-corrected chi connectivity index (χ2v) is 4.14. The van der Waals surface area contributed by atoms with Crippen LogP contribution in [0.4, 0.5) is 0 Å². The number of methoxy groups -OCH3 is 1. The van der Waals surface area contributed by atoms with E-state index in [-0.39, 0.29) is 5.82 Å². The van der Waals surface area contributed by atoms with Crippen LogP contribution in [-0.2, 0) is 11.3 Å². The van der Waals surface area contributed by atoms with Gasteiger partial charge >= 0.3 is 5.97 Å². The van der Waals surface area contributed by atoms with Crippen molar-refractivity contribution in [1.29, 1.82) is 0 Å². The molecule has 0 unspecified atom stereocenters. The Morgan fingerprint density at radius 3 is 2.89 bits per heavy atom. The maximum Gasteiger partial charge on any atom is 0.377 e. The summed E-state index contributed by atoms with van der Waals surface area (Å²) < 4.78 is 8.18. The van der Waals surface area contributed by atoms with Gasteiger partial charge in [-0.1, -0.05) is 0 Å². The molecule has 0 fully saturated rings. The Morgan fingerprint density at radius 2 is 2.22 bits per heavy atom. The average molecular weight is 249 g/mol. The first-order chi connectivity index (χ1) is 8.61. The van der Waals surface area contributed by atoms with Gasteiger partial charge in [-0.25, -0.2) is 19.4 Å². The first-order valence-electron chi connectivity index (χ1n) is 5.60. The molecule has 0 bridgehead atoms. The molecule has 2 aromatic heterocycles. The number of carbonyl (C=O) groups excluding carboxylic acids is 1. The number of imidazole rings is 1. The van der Waals surface area contributed by atoms with Crippen LogP contribution in [0.15, 0.2) is 18.9 Å². The normalized spacial score (nSPS) is 10.9. The van der Waals surface area contributed by atoms with Crippen molar-refractivity contribution in [3.8, 4) is 0 Å². The fraction of sp³-hybridized carbons (Fsp3) is 0.455. The first kappa shape index (κ1) is 12.3. The van der Waals surface area contributed by atoms with Crippen LogP contribution in [0.25, 0.3) is 0 Å². The molecule has 2 rings (SSSR count). The molecule has 7 heteroatoms. The molecule has 0 radical (unpaired) electrons. The molecule has 18 heavy (non-hydrogen) atoms. The Morgan fingerprint density at radius 1 is 1.44 bits per heavy atom. The van der Waals surface area contributed by atoms with Gasteiger partial charge in [-0.05, 0) is 13.8 Å². The Labute approximate surface area is 104 Å². The first-order valence-corrected chi connectivity index (χ1v) is 5.60. The standard InChI is InChI=1S/C11H15N5O2/c1-8(2)16-6-12-4-9(16)5-15-7-13-10(14-15)11(17)18-3/h4,6-8H,5H2,1-3H3. The highest BCUT2D eigenvalue weighted by molar-refractivity contribution is 5.84. The van der Waals surface area contributed by atoms with Crippen molar-refractivity contribution in [2.75, 3.05) is 7.11 Å². The minimum Gasteiger partial charge on any atom is -0.463 e. The Balaban J connectivity index is 2.16. The largest absolute Gasteiger partial charge is 0.463 e. The molecule has 0 spiro atoms. The SMILES string of the molecule is COC(=O)c1ncn(Cc2cncn2C(C)C)n1. The zero-order valence-corrected chi connectivity index (χ0v) is 10.6. The Hall–Kier alpha value is -2.18. The highest BCUT2D eigenvalue weighted by atomic mass is 16.5. The number of carbonyl (C=O) groups is 1. The summed E-state index contributed by atoms with van der Waals surface area (Å²) in [6.07, 6.45) is 5.06. The second-order valence-electron chi connectivity index (χ2n) is 4.14. The average Bonchev–Trinajstić information content (AvgIpc) is 2.97. The summed E-state index contributed by atoms with van der Waals surface area (Å²) >= 11 is 0. The van der Waals surface area contributed by atoms with Gasteiger partial charge in [0.05, 0.1) is 31.9 Å². The van der Waals surface area contributed by atoms with E-state index in [1.165, 1.54) is 13.4 Å². The molecule has 0 N–H and O–H groups in total. The summed E-state index contributed by atoms with van der Waals surface area (Å²) in [6, 6.07) is 0.325. The molecule has 2 heterocycles. The lowest BCUT2D eigenvalue weighted by Gasteiger charge is -2.11. The van der Waals surface area contributed by atoms with Crippen LogP contribution in [0.3, 0.4) is 0 Å². The van der Waals surface area contributed by atoms with Gasteiger partial charge in [-0.3, -0.25) is 0 Å². The molecule has 0 aliphatic heterocycles. The van der Waals surface area contributed by atoms with Gasteiger partial charge in [-0.15, -0.1) is 5.10 Å². The number of nitrogens with zero attached hydrogens (tertiary/aromatic N) is 5. The maximum atomic E-state index is 11.2. The van der Waals surface area contributed by atoms with Crippen molar-refractivity contribution in [2.24, 2.45) is 0 Å². The summed E-state index contributed by atoms with van der Waals surface area (Å²) in [5.74, 6) is -0.473. The van der Waals surface area contributed by atoms with Gasteiger partial charge in [-0.2, -0.15) is 0 Å².